The van der Waals surface area contributed by atoms with Crippen molar-refractivity contribution in [1.29, 1.82) is 0 Å². The van der Waals surface area contributed by atoms with E-state index < -0.39 is 0 Å². The first-order valence-corrected chi connectivity index (χ1v) is 8.86. The van der Waals surface area contributed by atoms with Crippen molar-refractivity contribution in [2.75, 3.05) is 26.2 Å². The molecule has 0 saturated carbocycles. The Hall–Kier alpha value is -2.59. The molecule has 1 aromatic heterocycles. The highest BCUT2D eigenvalue weighted by Crippen LogP contribution is 2.20. The SMILES string of the molecule is Cc1ccccc1C[NH+]1CCN(C(=O)c2cc3ccccc3o2)CC1. The maximum atomic E-state index is 12.7. The van der Waals surface area contributed by atoms with Crippen molar-refractivity contribution < 1.29 is 14.1 Å². The van der Waals surface area contributed by atoms with E-state index in [1.807, 2.05) is 35.2 Å². The van der Waals surface area contributed by atoms with Crippen LogP contribution in [0.4, 0.5) is 0 Å². The summed E-state index contributed by atoms with van der Waals surface area (Å²) in [6.45, 7) is 6.68. The zero-order chi connectivity index (χ0) is 17.2. The van der Waals surface area contributed by atoms with Gasteiger partial charge in [-0.3, -0.25) is 4.79 Å². The van der Waals surface area contributed by atoms with Crippen LogP contribution in [0, 0.1) is 6.92 Å². The molecule has 1 fully saturated rings. The average Bonchev–Trinajstić information content (AvgIpc) is 3.08. The normalized spacial score (nSPS) is 15.6. The highest BCUT2D eigenvalue weighted by Gasteiger charge is 2.26. The van der Waals surface area contributed by atoms with Crippen molar-refractivity contribution in [3.05, 3.63) is 71.5 Å². The number of carbonyl (C=O) groups excluding carboxylic acids is 1. The summed E-state index contributed by atoms with van der Waals surface area (Å²) in [5.41, 5.74) is 3.51. The lowest BCUT2D eigenvalue weighted by atomic mass is 10.1. The molecular weight excluding hydrogens is 312 g/mol. The van der Waals surface area contributed by atoms with Crippen LogP contribution >= 0.6 is 0 Å². The first-order chi connectivity index (χ1) is 12.2. The van der Waals surface area contributed by atoms with Crippen LogP contribution in [0.1, 0.15) is 21.7 Å². The fraction of sp³-hybridized carbons (Fsp3) is 0.286. The van der Waals surface area contributed by atoms with Crippen molar-refractivity contribution in [2.45, 2.75) is 13.5 Å². The fourth-order valence-electron chi connectivity index (χ4n) is 3.52. The van der Waals surface area contributed by atoms with Crippen LogP contribution in [0.5, 0.6) is 0 Å². The van der Waals surface area contributed by atoms with E-state index in [4.69, 9.17) is 4.42 Å². The minimum atomic E-state index is 0.00569. The molecule has 1 saturated heterocycles. The van der Waals surface area contributed by atoms with E-state index in [1.54, 1.807) is 0 Å². The molecule has 4 rings (SSSR count). The summed E-state index contributed by atoms with van der Waals surface area (Å²) in [5, 5.41) is 0.981. The molecule has 3 aromatic rings. The van der Waals surface area contributed by atoms with E-state index in [2.05, 4.69) is 31.2 Å². The second-order valence-corrected chi connectivity index (χ2v) is 6.79. The van der Waals surface area contributed by atoms with Crippen molar-refractivity contribution in [2.24, 2.45) is 0 Å². The number of benzene rings is 2. The smallest absolute Gasteiger partial charge is 0.290 e. The number of carbonyl (C=O) groups is 1. The number of nitrogens with one attached hydrogen (secondary N) is 1. The van der Waals surface area contributed by atoms with Crippen LogP contribution in [0.3, 0.4) is 0 Å². The lowest BCUT2D eigenvalue weighted by Crippen LogP contribution is -3.13. The third kappa shape index (κ3) is 3.30. The fourth-order valence-corrected chi connectivity index (χ4v) is 3.52. The number of hydrogen-bond donors (Lipinski definition) is 1. The summed E-state index contributed by atoms with van der Waals surface area (Å²) in [5.74, 6) is 0.453. The Morgan fingerprint density at radius 1 is 1.08 bits per heavy atom. The third-order valence-electron chi connectivity index (χ3n) is 5.10. The third-order valence-corrected chi connectivity index (χ3v) is 5.10. The topological polar surface area (TPSA) is 37.9 Å². The highest BCUT2D eigenvalue weighted by molar-refractivity contribution is 5.96. The number of fused-ring (bicyclic) bond motifs is 1. The van der Waals surface area contributed by atoms with Gasteiger partial charge in [0.25, 0.3) is 5.91 Å². The second-order valence-electron chi connectivity index (χ2n) is 6.79. The van der Waals surface area contributed by atoms with Gasteiger partial charge in [0, 0.05) is 10.9 Å². The van der Waals surface area contributed by atoms with Crippen LogP contribution < -0.4 is 4.90 Å². The molecule has 1 aliphatic heterocycles. The monoisotopic (exact) mass is 335 g/mol. The molecule has 25 heavy (non-hydrogen) atoms. The molecular formula is C21H23N2O2+. The van der Waals surface area contributed by atoms with E-state index in [1.165, 1.54) is 16.0 Å². The van der Waals surface area contributed by atoms with E-state index >= 15 is 0 Å². The number of piperazine rings is 1. The molecule has 1 N–H and O–H groups in total. The Labute approximate surface area is 147 Å². The van der Waals surface area contributed by atoms with E-state index in [-0.39, 0.29) is 5.91 Å². The zero-order valence-corrected chi connectivity index (χ0v) is 14.5. The Morgan fingerprint density at radius 3 is 2.56 bits per heavy atom. The molecule has 0 unspecified atom stereocenters. The van der Waals surface area contributed by atoms with Gasteiger partial charge in [-0.05, 0) is 24.6 Å². The van der Waals surface area contributed by atoms with Crippen LogP contribution in [0.25, 0.3) is 11.0 Å². The molecule has 0 spiro atoms. The lowest BCUT2D eigenvalue weighted by Gasteiger charge is -2.32. The summed E-state index contributed by atoms with van der Waals surface area (Å²) in [4.78, 5) is 16.2. The van der Waals surface area contributed by atoms with Crippen molar-refractivity contribution in [1.82, 2.24) is 4.90 Å². The number of para-hydroxylation sites is 1. The maximum absolute atomic E-state index is 12.7. The summed E-state index contributed by atoms with van der Waals surface area (Å²) in [6, 6.07) is 18.2. The first-order valence-electron chi connectivity index (χ1n) is 8.86. The Balaban J connectivity index is 1.39. The van der Waals surface area contributed by atoms with Gasteiger partial charge in [0.1, 0.15) is 12.1 Å². The minimum Gasteiger partial charge on any atom is -0.451 e. The molecule has 2 heterocycles. The predicted octanol–water partition coefficient (Wildman–Crippen LogP) is 2.28. The Bertz CT molecular complexity index is 859. The number of amides is 1. The van der Waals surface area contributed by atoms with Crippen LogP contribution in [-0.4, -0.2) is 37.0 Å². The van der Waals surface area contributed by atoms with Gasteiger partial charge in [0.2, 0.25) is 0 Å². The molecule has 4 nitrogen and oxygen atoms in total. The number of hydrogen-bond acceptors (Lipinski definition) is 2. The molecule has 128 valence electrons. The van der Waals surface area contributed by atoms with Crippen molar-refractivity contribution >= 4 is 16.9 Å². The summed E-state index contributed by atoms with van der Waals surface area (Å²) in [7, 11) is 0. The number of rotatable bonds is 3. The van der Waals surface area contributed by atoms with E-state index in [0.29, 0.717) is 5.76 Å². The van der Waals surface area contributed by atoms with E-state index in [9.17, 15) is 4.79 Å². The molecule has 0 aliphatic carbocycles. The van der Waals surface area contributed by atoms with Gasteiger partial charge in [-0.1, -0.05) is 42.5 Å². The molecule has 2 aromatic carbocycles. The Morgan fingerprint density at radius 2 is 1.80 bits per heavy atom. The van der Waals surface area contributed by atoms with Gasteiger partial charge >= 0.3 is 0 Å². The van der Waals surface area contributed by atoms with Gasteiger partial charge in [0.05, 0.1) is 26.2 Å². The average molecular weight is 335 g/mol. The molecule has 4 heteroatoms. The largest absolute Gasteiger partial charge is 0.451 e. The molecule has 1 aliphatic rings. The minimum absolute atomic E-state index is 0.00569. The second kappa shape index (κ2) is 6.73. The number of quaternary nitrogens is 1. The van der Waals surface area contributed by atoms with Gasteiger partial charge in [0.15, 0.2) is 5.76 Å². The number of nitrogens with zero attached hydrogens (tertiary/aromatic N) is 1. The molecule has 0 bridgehead atoms. The molecule has 0 radical (unpaired) electrons. The predicted molar refractivity (Wildman–Crippen MR) is 97.7 cm³/mol. The quantitative estimate of drug-likeness (QED) is 0.797. The van der Waals surface area contributed by atoms with Crippen LogP contribution in [-0.2, 0) is 6.54 Å². The van der Waals surface area contributed by atoms with E-state index in [0.717, 1.165) is 43.7 Å². The molecule has 1 amide bonds. The van der Waals surface area contributed by atoms with Crippen molar-refractivity contribution in [3.8, 4) is 0 Å². The van der Waals surface area contributed by atoms with Gasteiger partial charge < -0.3 is 14.2 Å². The standard InChI is InChI=1S/C21H22N2O2/c1-16-6-2-3-8-18(16)15-22-10-12-23(13-11-22)21(24)20-14-17-7-4-5-9-19(17)25-20/h2-9,14H,10-13,15H2,1H3/p+1. The van der Waals surface area contributed by atoms with Gasteiger partial charge in [-0.25, -0.2) is 0 Å². The van der Waals surface area contributed by atoms with Gasteiger partial charge in [-0.15, -0.1) is 0 Å². The highest BCUT2D eigenvalue weighted by atomic mass is 16.3. The van der Waals surface area contributed by atoms with Crippen LogP contribution in [0.15, 0.2) is 59.0 Å². The maximum Gasteiger partial charge on any atom is 0.290 e. The summed E-state index contributed by atoms with van der Waals surface area (Å²) < 4.78 is 5.72. The number of aryl methyl sites for hydroxylation is 1. The zero-order valence-electron chi connectivity index (χ0n) is 14.5. The van der Waals surface area contributed by atoms with Crippen LogP contribution in [0.2, 0.25) is 0 Å². The number of furan rings is 1. The molecule has 0 atom stereocenters. The lowest BCUT2D eigenvalue weighted by molar-refractivity contribution is -0.917. The van der Waals surface area contributed by atoms with Crippen molar-refractivity contribution in [3.63, 3.8) is 0 Å². The summed E-state index contributed by atoms with van der Waals surface area (Å²) >= 11 is 0. The van der Waals surface area contributed by atoms with Gasteiger partial charge in [-0.2, -0.15) is 0 Å². The summed E-state index contributed by atoms with van der Waals surface area (Å²) in [6.07, 6.45) is 0. The Kier molecular flexibility index (Phi) is 4.28. The first kappa shape index (κ1) is 15.9.